The van der Waals surface area contributed by atoms with Crippen molar-refractivity contribution in [1.29, 1.82) is 15.8 Å². The van der Waals surface area contributed by atoms with Gasteiger partial charge in [0.1, 0.15) is 12.7 Å². The van der Waals surface area contributed by atoms with Gasteiger partial charge in [0.05, 0.1) is 30.5 Å². The maximum Gasteiger partial charge on any atom is 0.410 e. The van der Waals surface area contributed by atoms with E-state index in [9.17, 15) is 25.4 Å². The summed E-state index contributed by atoms with van der Waals surface area (Å²) in [5.41, 5.74) is 11.4. The molecular formula is C29H26N6O5. The predicted octanol–water partition coefficient (Wildman–Crippen LogP) is 2.62. The van der Waals surface area contributed by atoms with Gasteiger partial charge < -0.3 is 30.6 Å². The van der Waals surface area contributed by atoms with Gasteiger partial charge in [-0.2, -0.15) is 15.8 Å². The summed E-state index contributed by atoms with van der Waals surface area (Å²) >= 11 is 0. The van der Waals surface area contributed by atoms with Gasteiger partial charge in [0.25, 0.3) is 5.91 Å². The topological polar surface area (TPSA) is 188 Å². The van der Waals surface area contributed by atoms with Crippen LogP contribution in [0.5, 0.6) is 11.5 Å². The van der Waals surface area contributed by atoms with Gasteiger partial charge in [-0.1, -0.05) is 42.5 Å². The van der Waals surface area contributed by atoms with Crippen LogP contribution in [0.1, 0.15) is 17.0 Å². The Bertz CT molecular complexity index is 1500. The number of nitrogens with zero attached hydrogens (tertiary/aromatic N) is 4. The van der Waals surface area contributed by atoms with Gasteiger partial charge in [0, 0.05) is 24.9 Å². The Morgan fingerprint density at radius 1 is 1.10 bits per heavy atom. The summed E-state index contributed by atoms with van der Waals surface area (Å²) in [5, 5.41) is 30.6. The number of amides is 2. The molecular weight excluding hydrogens is 512 g/mol. The number of primary amides is 1. The molecule has 0 radical (unpaired) electrons. The van der Waals surface area contributed by atoms with Gasteiger partial charge in [-0.15, -0.1) is 0 Å². The van der Waals surface area contributed by atoms with Gasteiger partial charge in [0.15, 0.2) is 23.5 Å². The number of carbonyl (C=O) groups is 2. The molecule has 0 aromatic heterocycles. The van der Waals surface area contributed by atoms with Gasteiger partial charge >= 0.3 is 6.09 Å². The molecule has 4 N–H and O–H groups in total. The van der Waals surface area contributed by atoms with Crippen molar-refractivity contribution in [3.63, 3.8) is 0 Å². The molecule has 0 bridgehead atoms. The SMILES string of the molecule is COc1cc([C@H]2[C@H]3CN(C(=O)OCc4ccccc4)CC=C3C(C#N)=C(N)C2(C#N)C#N)ccc1OCC(N)=O. The van der Waals surface area contributed by atoms with Crippen LogP contribution in [-0.4, -0.2) is 43.7 Å². The molecule has 2 aromatic carbocycles. The zero-order valence-electron chi connectivity index (χ0n) is 21.7. The van der Waals surface area contributed by atoms with Crippen LogP contribution >= 0.6 is 0 Å². The van der Waals surface area contributed by atoms with E-state index in [0.29, 0.717) is 11.1 Å². The van der Waals surface area contributed by atoms with Crippen molar-refractivity contribution < 1.29 is 23.8 Å². The molecule has 2 amide bonds. The van der Waals surface area contributed by atoms with E-state index in [1.165, 1.54) is 18.1 Å². The summed E-state index contributed by atoms with van der Waals surface area (Å²) in [6.07, 6.45) is 1.13. The van der Waals surface area contributed by atoms with E-state index in [1.54, 1.807) is 18.2 Å². The molecule has 1 aliphatic heterocycles. The number of ether oxygens (including phenoxy) is 3. The van der Waals surface area contributed by atoms with Crippen molar-refractivity contribution >= 4 is 12.0 Å². The quantitative estimate of drug-likeness (QED) is 0.534. The fourth-order valence-electron chi connectivity index (χ4n) is 5.16. The first-order valence-corrected chi connectivity index (χ1v) is 12.3. The second-order valence-electron chi connectivity index (χ2n) is 9.29. The molecule has 0 spiro atoms. The summed E-state index contributed by atoms with van der Waals surface area (Å²) in [7, 11) is 1.40. The third kappa shape index (κ3) is 4.99. The molecule has 2 atom stereocenters. The minimum atomic E-state index is -1.93. The van der Waals surface area contributed by atoms with Crippen LogP contribution in [0, 0.1) is 45.3 Å². The number of benzene rings is 2. The Kier molecular flexibility index (Phi) is 7.93. The maximum absolute atomic E-state index is 13.0. The monoisotopic (exact) mass is 538 g/mol. The lowest BCUT2D eigenvalue weighted by Crippen LogP contribution is -2.49. The van der Waals surface area contributed by atoms with Crippen molar-refractivity contribution in [2.24, 2.45) is 22.8 Å². The fourth-order valence-corrected chi connectivity index (χ4v) is 5.16. The molecule has 2 aromatic rings. The third-order valence-corrected chi connectivity index (χ3v) is 7.04. The number of rotatable bonds is 7. The number of hydrogen-bond donors (Lipinski definition) is 2. The minimum absolute atomic E-state index is 0.0510. The van der Waals surface area contributed by atoms with Crippen LogP contribution in [0.15, 0.2) is 71.5 Å². The van der Waals surface area contributed by atoms with Crippen LogP contribution in [0.2, 0.25) is 0 Å². The molecule has 1 aliphatic carbocycles. The molecule has 0 unspecified atom stereocenters. The number of nitriles is 3. The van der Waals surface area contributed by atoms with E-state index in [0.717, 1.165) is 5.56 Å². The summed E-state index contributed by atoms with van der Waals surface area (Å²) in [5.74, 6) is -1.76. The van der Waals surface area contributed by atoms with E-state index >= 15 is 0 Å². The Hall–Kier alpha value is -5.47. The summed E-state index contributed by atoms with van der Waals surface area (Å²) in [6, 6.07) is 20.1. The standard InChI is InChI=1S/C29H26N6O5/c1-38-24-11-19(7-8-23(24)39-15-25(33)36)26-22-13-35(28(37)40-14-18-5-3-2-4-6-18)10-9-20(22)21(12-30)27(34)29(26,16-31)17-32/h2-9,11,22,26H,10,13-15,34H2,1H3,(H2,33,36)/t22-,26-/m0/s1. The maximum atomic E-state index is 13.0. The largest absolute Gasteiger partial charge is 0.493 e. The summed E-state index contributed by atoms with van der Waals surface area (Å²) in [6.45, 7) is -0.0897. The Morgan fingerprint density at radius 3 is 2.45 bits per heavy atom. The van der Waals surface area contributed by atoms with Crippen molar-refractivity contribution in [3.8, 4) is 29.7 Å². The first-order chi connectivity index (χ1) is 19.3. The molecule has 4 rings (SSSR count). The van der Waals surface area contributed by atoms with Crippen molar-refractivity contribution in [2.75, 3.05) is 26.8 Å². The number of carbonyl (C=O) groups excluding carboxylic acids is 2. The van der Waals surface area contributed by atoms with Crippen LogP contribution in [0.4, 0.5) is 4.79 Å². The van der Waals surface area contributed by atoms with Gasteiger partial charge in [-0.25, -0.2) is 4.79 Å². The van der Waals surface area contributed by atoms with Crippen LogP contribution in [-0.2, 0) is 16.1 Å². The Labute approximate surface area is 231 Å². The summed E-state index contributed by atoms with van der Waals surface area (Å²) in [4.78, 5) is 25.7. The molecule has 11 nitrogen and oxygen atoms in total. The van der Waals surface area contributed by atoms with Gasteiger partial charge in [-0.3, -0.25) is 4.79 Å². The highest BCUT2D eigenvalue weighted by Gasteiger charge is 2.55. The zero-order chi connectivity index (χ0) is 28.9. The second-order valence-corrected chi connectivity index (χ2v) is 9.29. The average Bonchev–Trinajstić information content (AvgIpc) is 2.98. The molecule has 0 fully saturated rings. The molecule has 0 saturated heterocycles. The Balaban J connectivity index is 1.75. The van der Waals surface area contributed by atoms with Gasteiger partial charge in [-0.05, 0) is 28.8 Å². The number of allylic oxidation sites excluding steroid dienone is 2. The molecule has 0 saturated carbocycles. The van der Waals surface area contributed by atoms with Crippen LogP contribution in [0.25, 0.3) is 0 Å². The van der Waals surface area contributed by atoms with E-state index in [-0.39, 0.29) is 49.1 Å². The minimum Gasteiger partial charge on any atom is -0.493 e. The highest BCUT2D eigenvalue weighted by atomic mass is 16.6. The smallest absolute Gasteiger partial charge is 0.410 e. The van der Waals surface area contributed by atoms with Crippen molar-refractivity contribution in [2.45, 2.75) is 12.5 Å². The van der Waals surface area contributed by atoms with Crippen LogP contribution < -0.4 is 20.9 Å². The second kappa shape index (κ2) is 11.5. The summed E-state index contributed by atoms with van der Waals surface area (Å²) < 4.78 is 16.4. The number of fused-ring (bicyclic) bond motifs is 1. The van der Waals surface area contributed by atoms with Crippen molar-refractivity contribution in [3.05, 3.63) is 82.6 Å². The predicted molar refractivity (Wildman–Crippen MR) is 141 cm³/mol. The number of methoxy groups -OCH3 is 1. The highest BCUT2D eigenvalue weighted by molar-refractivity contribution is 5.75. The highest BCUT2D eigenvalue weighted by Crippen LogP contribution is 2.54. The fraction of sp³-hybridized carbons (Fsp3) is 0.276. The van der Waals surface area contributed by atoms with E-state index in [2.05, 4.69) is 18.2 Å². The first kappa shape index (κ1) is 27.6. The molecule has 1 heterocycles. The van der Waals surface area contributed by atoms with Crippen LogP contribution in [0.3, 0.4) is 0 Å². The molecule has 40 heavy (non-hydrogen) atoms. The average molecular weight is 539 g/mol. The molecule has 11 heteroatoms. The number of nitrogens with two attached hydrogens (primary N) is 2. The molecule has 2 aliphatic rings. The van der Waals surface area contributed by atoms with E-state index < -0.39 is 29.3 Å². The zero-order valence-corrected chi connectivity index (χ0v) is 21.7. The lowest BCUT2D eigenvalue weighted by atomic mass is 9.58. The lowest BCUT2D eigenvalue weighted by Gasteiger charge is -2.45. The number of hydrogen-bond acceptors (Lipinski definition) is 9. The Morgan fingerprint density at radius 2 is 1.82 bits per heavy atom. The molecule has 202 valence electrons. The lowest BCUT2D eigenvalue weighted by molar-refractivity contribution is -0.119. The van der Waals surface area contributed by atoms with Crippen molar-refractivity contribution in [1.82, 2.24) is 4.90 Å². The third-order valence-electron chi connectivity index (χ3n) is 7.04. The normalized spacial score (nSPS) is 19.1. The van der Waals surface area contributed by atoms with E-state index in [4.69, 9.17) is 25.7 Å². The first-order valence-electron chi connectivity index (χ1n) is 12.3. The van der Waals surface area contributed by atoms with Gasteiger partial charge in [0.2, 0.25) is 0 Å². The van der Waals surface area contributed by atoms with E-state index in [1.807, 2.05) is 30.3 Å².